The minimum Gasteiger partial charge on any atom is -0.493 e. The van der Waals surface area contributed by atoms with Crippen molar-refractivity contribution in [3.8, 4) is 11.5 Å². The molecule has 4 nitrogen and oxygen atoms in total. The van der Waals surface area contributed by atoms with Gasteiger partial charge in [-0.05, 0) is 38.3 Å². The van der Waals surface area contributed by atoms with Crippen LogP contribution in [0, 0.1) is 5.92 Å². The largest absolute Gasteiger partial charge is 0.493 e. The summed E-state index contributed by atoms with van der Waals surface area (Å²) in [5, 5.41) is 12.4. The summed E-state index contributed by atoms with van der Waals surface area (Å²) in [5.41, 5.74) is 1.11. The molecule has 1 aromatic rings. The van der Waals surface area contributed by atoms with Gasteiger partial charge in [-0.25, -0.2) is 0 Å². The van der Waals surface area contributed by atoms with Gasteiger partial charge in [0.25, 0.3) is 0 Å². The minimum absolute atomic E-state index is 0.268. The van der Waals surface area contributed by atoms with Gasteiger partial charge in [0, 0.05) is 18.7 Å². The SMILES string of the molecule is CCOc1cccc(CNCCCC(C)CO)c1OC. The lowest BCUT2D eigenvalue weighted by atomic mass is 10.1. The molecule has 0 aromatic heterocycles. The molecule has 1 atom stereocenters. The van der Waals surface area contributed by atoms with Crippen LogP contribution in [0.15, 0.2) is 18.2 Å². The van der Waals surface area contributed by atoms with Crippen molar-refractivity contribution in [2.45, 2.75) is 33.2 Å². The highest BCUT2D eigenvalue weighted by atomic mass is 16.5. The average molecular weight is 281 g/mol. The highest BCUT2D eigenvalue weighted by Gasteiger charge is 2.09. The average Bonchev–Trinajstić information content (AvgIpc) is 2.47. The number of aliphatic hydroxyl groups excluding tert-OH is 1. The van der Waals surface area contributed by atoms with Crippen molar-refractivity contribution in [1.82, 2.24) is 5.32 Å². The van der Waals surface area contributed by atoms with E-state index in [9.17, 15) is 0 Å². The Bertz CT molecular complexity index is 382. The number of ether oxygens (including phenoxy) is 2. The van der Waals surface area contributed by atoms with Gasteiger partial charge >= 0.3 is 0 Å². The molecule has 0 aliphatic heterocycles. The highest BCUT2D eigenvalue weighted by molar-refractivity contribution is 5.46. The van der Waals surface area contributed by atoms with E-state index in [1.807, 2.05) is 25.1 Å². The molecule has 20 heavy (non-hydrogen) atoms. The monoisotopic (exact) mass is 281 g/mol. The van der Waals surface area contributed by atoms with Gasteiger partial charge in [0.1, 0.15) is 0 Å². The Morgan fingerprint density at radius 2 is 2.15 bits per heavy atom. The second kappa shape index (κ2) is 9.61. The van der Waals surface area contributed by atoms with Crippen molar-refractivity contribution < 1.29 is 14.6 Å². The number of aliphatic hydroxyl groups is 1. The standard InChI is InChI=1S/C16H27NO3/c1-4-20-15-9-5-8-14(16(15)19-3)11-17-10-6-7-13(2)12-18/h5,8-9,13,17-18H,4,6-7,10-12H2,1-3H3. The number of nitrogens with one attached hydrogen (secondary N) is 1. The predicted molar refractivity (Wildman–Crippen MR) is 81.4 cm³/mol. The molecular weight excluding hydrogens is 254 g/mol. The normalized spacial score (nSPS) is 12.2. The van der Waals surface area contributed by atoms with Crippen LogP contribution in [0.3, 0.4) is 0 Å². The van der Waals surface area contributed by atoms with Crippen LogP contribution in [0.5, 0.6) is 11.5 Å². The predicted octanol–water partition coefficient (Wildman–Crippen LogP) is 2.59. The molecule has 0 aliphatic carbocycles. The van der Waals surface area contributed by atoms with Gasteiger partial charge in [-0.3, -0.25) is 0 Å². The van der Waals surface area contributed by atoms with E-state index in [2.05, 4.69) is 12.2 Å². The topological polar surface area (TPSA) is 50.7 Å². The highest BCUT2D eigenvalue weighted by Crippen LogP contribution is 2.30. The molecule has 0 fully saturated rings. The van der Waals surface area contributed by atoms with Gasteiger partial charge in [-0.1, -0.05) is 19.1 Å². The third-order valence-electron chi connectivity index (χ3n) is 3.24. The van der Waals surface area contributed by atoms with Crippen LogP contribution in [0.25, 0.3) is 0 Å². The third-order valence-corrected chi connectivity index (χ3v) is 3.24. The number of rotatable bonds is 10. The zero-order valence-corrected chi connectivity index (χ0v) is 12.8. The van der Waals surface area contributed by atoms with Gasteiger partial charge in [0.2, 0.25) is 0 Å². The van der Waals surface area contributed by atoms with Crippen molar-refractivity contribution in [2.75, 3.05) is 26.9 Å². The van der Waals surface area contributed by atoms with Gasteiger partial charge in [-0.2, -0.15) is 0 Å². The number of para-hydroxylation sites is 1. The quantitative estimate of drug-likeness (QED) is 0.647. The number of methoxy groups -OCH3 is 1. The Balaban J connectivity index is 2.45. The first kappa shape index (κ1) is 16.8. The fourth-order valence-electron chi connectivity index (χ4n) is 2.09. The summed E-state index contributed by atoms with van der Waals surface area (Å²) in [6, 6.07) is 5.96. The maximum Gasteiger partial charge on any atom is 0.165 e. The molecule has 1 rings (SSSR count). The van der Waals surface area contributed by atoms with E-state index in [1.54, 1.807) is 7.11 Å². The summed E-state index contributed by atoms with van der Waals surface area (Å²) >= 11 is 0. The molecule has 1 aromatic carbocycles. The Morgan fingerprint density at radius 3 is 2.80 bits per heavy atom. The third kappa shape index (κ3) is 5.39. The van der Waals surface area contributed by atoms with Crippen molar-refractivity contribution in [1.29, 1.82) is 0 Å². The minimum atomic E-state index is 0.268. The first-order valence-corrected chi connectivity index (χ1v) is 7.33. The number of benzene rings is 1. The molecular formula is C16H27NO3. The van der Waals surface area contributed by atoms with Crippen LogP contribution < -0.4 is 14.8 Å². The van der Waals surface area contributed by atoms with Crippen molar-refractivity contribution in [2.24, 2.45) is 5.92 Å². The molecule has 4 heteroatoms. The zero-order valence-electron chi connectivity index (χ0n) is 12.8. The Morgan fingerprint density at radius 1 is 1.35 bits per heavy atom. The van der Waals surface area contributed by atoms with E-state index in [1.165, 1.54) is 0 Å². The molecule has 0 radical (unpaired) electrons. The van der Waals surface area contributed by atoms with E-state index in [0.29, 0.717) is 12.5 Å². The fraction of sp³-hybridized carbons (Fsp3) is 0.625. The molecule has 0 heterocycles. The lowest BCUT2D eigenvalue weighted by Gasteiger charge is -2.14. The van der Waals surface area contributed by atoms with Gasteiger partial charge in [-0.15, -0.1) is 0 Å². The molecule has 0 aliphatic rings. The molecule has 2 N–H and O–H groups in total. The second-order valence-electron chi connectivity index (χ2n) is 4.99. The van der Waals surface area contributed by atoms with Gasteiger partial charge in [0.15, 0.2) is 11.5 Å². The maximum atomic E-state index is 8.97. The van der Waals surface area contributed by atoms with E-state index >= 15 is 0 Å². The van der Waals surface area contributed by atoms with E-state index in [4.69, 9.17) is 14.6 Å². The molecule has 0 saturated carbocycles. The summed E-state index contributed by atoms with van der Waals surface area (Å²) in [4.78, 5) is 0. The lowest BCUT2D eigenvalue weighted by Crippen LogP contribution is -2.16. The van der Waals surface area contributed by atoms with Crippen LogP contribution in [0.4, 0.5) is 0 Å². The molecule has 0 spiro atoms. The van der Waals surface area contributed by atoms with Crippen LogP contribution in [-0.2, 0) is 6.54 Å². The Hall–Kier alpha value is -1.26. The first-order chi connectivity index (χ1) is 9.72. The molecule has 0 amide bonds. The fourth-order valence-corrected chi connectivity index (χ4v) is 2.09. The Labute approximate surface area is 122 Å². The molecule has 114 valence electrons. The van der Waals surface area contributed by atoms with E-state index in [0.717, 1.165) is 43.0 Å². The van der Waals surface area contributed by atoms with E-state index in [-0.39, 0.29) is 6.61 Å². The molecule has 0 bridgehead atoms. The summed E-state index contributed by atoms with van der Waals surface area (Å²) in [5.74, 6) is 1.99. The maximum absolute atomic E-state index is 8.97. The summed E-state index contributed by atoms with van der Waals surface area (Å²) in [6.45, 7) is 6.63. The molecule has 1 unspecified atom stereocenters. The van der Waals surface area contributed by atoms with Crippen LogP contribution in [-0.4, -0.2) is 32.0 Å². The zero-order chi connectivity index (χ0) is 14.8. The van der Waals surface area contributed by atoms with Crippen molar-refractivity contribution >= 4 is 0 Å². The summed E-state index contributed by atoms with van der Waals surface area (Å²) < 4.78 is 11.0. The van der Waals surface area contributed by atoms with Crippen LogP contribution in [0.2, 0.25) is 0 Å². The van der Waals surface area contributed by atoms with Crippen molar-refractivity contribution in [3.63, 3.8) is 0 Å². The van der Waals surface area contributed by atoms with E-state index < -0.39 is 0 Å². The number of hydrogen-bond donors (Lipinski definition) is 2. The van der Waals surface area contributed by atoms with Crippen LogP contribution >= 0.6 is 0 Å². The second-order valence-corrected chi connectivity index (χ2v) is 4.99. The summed E-state index contributed by atoms with van der Waals surface area (Å²) in [7, 11) is 1.67. The van der Waals surface area contributed by atoms with Crippen LogP contribution in [0.1, 0.15) is 32.3 Å². The lowest BCUT2D eigenvalue weighted by molar-refractivity contribution is 0.228. The first-order valence-electron chi connectivity index (χ1n) is 7.33. The Kier molecular flexibility index (Phi) is 8.07. The number of hydrogen-bond acceptors (Lipinski definition) is 4. The van der Waals surface area contributed by atoms with Gasteiger partial charge < -0.3 is 19.9 Å². The smallest absolute Gasteiger partial charge is 0.165 e. The molecule has 0 saturated heterocycles. The van der Waals surface area contributed by atoms with Crippen molar-refractivity contribution in [3.05, 3.63) is 23.8 Å². The van der Waals surface area contributed by atoms with Gasteiger partial charge in [0.05, 0.1) is 13.7 Å². The summed E-state index contributed by atoms with van der Waals surface area (Å²) in [6.07, 6.45) is 2.11.